The molecule has 28 heavy (non-hydrogen) atoms. The molecule has 0 spiro atoms. The van der Waals surface area contributed by atoms with Crippen LogP contribution in [0.25, 0.3) is 21.7 Å². The van der Waals surface area contributed by atoms with E-state index >= 15 is 0 Å². The van der Waals surface area contributed by atoms with E-state index in [4.69, 9.17) is 4.42 Å². The number of benzene rings is 2. The highest BCUT2D eigenvalue weighted by atomic mass is 32.1. The molecule has 5 rings (SSSR count). The number of nitrogens with zero attached hydrogens (tertiary/aromatic N) is 4. The molecule has 0 amide bonds. The summed E-state index contributed by atoms with van der Waals surface area (Å²) >= 11 is 1.68. The second-order valence-corrected chi connectivity index (χ2v) is 8.05. The van der Waals surface area contributed by atoms with Crippen LogP contribution in [0.5, 0.6) is 6.08 Å². The van der Waals surface area contributed by atoms with Crippen molar-refractivity contribution in [1.82, 2.24) is 20.1 Å². The van der Waals surface area contributed by atoms with E-state index in [0.29, 0.717) is 11.9 Å². The molecule has 6 nitrogen and oxygen atoms in total. The van der Waals surface area contributed by atoms with Crippen LogP contribution < -0.4 is 0 Å². The zero-order valence-corrected chi connectivity index (χ0v) is 16.3. The minimum Gasteiger partial charge on any atom is -0.465 e. The van der Waals surface area contributed by atoms with E-state index in [1.807, 2.05) is 11.6 Å². The molecule has 0 bridgehead atoms. The lowest BCUT2D eigenvalue weighted by Crippen LogP contribution is -2.29. The van der Waals surface area contributed by atoms with Crippen LogP contribution >= 0.6 is 11.3 Å². The average molecular weight is 392 g/mol. The first kappa shape index (κ1) is 17.3. The van der Waals surface area contributed by atoms with Crippen LogP contribution in [0.15, 0.2) is 46.3 Å². The molecular weight excluding hydrogens is 372 g/mol. The zero-order chi connectivity index (χ0) is 19.1. The maximum atomic E-state index is 9.30. The van der Waals surface area contributed by atoms with E-state index < -0.39 is 6.08 Å². The Kier molecular flexibility index (Phi) is 4.33. The van der Waals surface area contributed by atoms with Gasteiger partial charge >= 0.3 is 6.08 Å². The van der Waals surface area contributed by atoms with Crippen molar-refractivity contribution in [2.75, 3.05) is 13.1 Å². The third-order valence-electron chi connectivity index (χ3n) is 5.59. The maximum absolute atomic E-state index is 9.30. The topological polar surface area (TPSA) is 75.3 Å². The first-order valence-corrected chi connectivity index (χ1v) is 10.3. The lowest BCUT2D eigenvalue weighted by molar-refractivity contribution is 0.221. The summed E-state index contributed by atoms with van der Waals surface area (Å²) in [5.74, 6) is 0.353. The lowest BCUT2D eigenvalue weighted by Gasteiger charge is -2.28. The number of rotatable bonds is 3. The van der Waals surface area contributed by atoms with Crippen molar-refractivity contribution in [2.24, 2.45) is 0 Å². The van der Waals surface area contributed by atoms with Crippen molar-refractivity contribution in [1.29, 1.82) is 0 Å². The van der Waals surface area contributed by atoms with Gasteiger partial charge in [0.25, 0.3) is 5.89 Å². The molecule has 0 unspecified atom stereocenters. The molecule has 142 valence electrons. The summed E-state index contributed by atoms with van der Waals surface area (Å²) in [6.07, 6.45) is 1.57. The quantitative estimate of drug-likeness (QED) is 0.563. The predicted octanol–water partition coefficient (Wildman–Crippen LogP) is 4.21. The van der Waals surface area contributed by atoms with E-state index in [2.05, 4.69) is 57.3 Å². The molecule has 4 aromatic rings. The van der Waals surface area contributed by atoms with Crippen molar-refractivity contribution in [3.8, 4) is 17.5 Å². The molecule has 0 saturated carbocycles. The molecule has 2 aromatic carbocycles. The predicted molar refractivity (Wildman–Crippen MR) is 108 cm³/mol. The molecule has 0 radical (unpaired) electrons. The van der Waals surface area contributed by atoms with Crippen LogP contribution in [-0.2, 0) is 12.8 Å². The standard InChI is InChI=1S/C21H20N4O2S/c1-13(15-4-5-19-18(11-15)22-12-28-19)25-8-6-14-2-3-17(10-16(14)7-9-25)20-23-24-21(26)27-20/h2-5,10-13H,6-9H2,1H3,(H,24,26)/t13-/m0/s1. The first-order chi connectivity index (χ1) is 13.7. The highest BCUT2D eigenvalue weighted by Crippen LogP contribution is 2.29. The molecule has 0 fully saturated rings. The zero-order valence-electron chi connectivity index (χ0n) is 15.5. The molecule has 7 heteroatoms. The van der Waals surface area contributed by atoms with Crippen molar-refractivity contribution >= 4 is 21.6 Å². The Bertz CT molecular complexity index is 1140. The van der Waals surface area contributed by atoms with Gasteiger partial charge in [-0.2, -0.15) is 0 Å². The van der Waals surface area contributed by atoms with Crippen molar-refractivity contribution in [2.45, 2.75) is 25.8 Å². The lowest BCUT2D eigenvalue weighted by atomic mass is 10.00. The summed E-state index contributed by atoms with van der Waals surface area (Å²) < 4.78 is 6.39. The third-order valence-corrected chi connectivity index (χ3v) is 6.40. The van der Waals surface area contributed by atoms with Crippen molar-refractivity contribution < 1.29 is 9.52 Å². The van der Waals surface area contributed by atoms with Gasteiger partial charge in [-0.1, -0.05) is 17.2 Å². The van der Waals surface area contributed by atoms with E-state index in [0.717, 1.165) is 37.0 Å². The SMILES string of the molecule is C[C@@H](c1ccc2scnc2c1)N1CCc2ccc(-c3nnc(O)o3)cc2CC1. The van der Waals surface area contributed by atoms with Crippen molar-refractivity contribution in [3.05, 3.63) is 58.6 Å². The molecule has 0 saturated heterocycles. The van der Waals surface area contributed by atoms with E-state index in [1.165, 1.54) is 21.4 Å². The van der Waals surface area contributed by atoms with Crippen LogP contribution in [0.3, 0.4) is 0 Å². The van der Waals surface area contributed by atoms with Gasteiger partial charge < -0.3 is 9.52 Å². The molecule has 2 aromatic heterocycles. The summed E-state index contributed by atoms with van der Waals surface area (Å²) in [5, 5.41) is 16.7. The fraction of sp³-hybridized carbons (Fsp3) is 0.286. The smallest absolute Gasteiger partial charge is 0.412 e. The van der Waals surface area contributed by atoms with Gasteiger partial charge in [0.1, 0.15) is 0 Å². The second-order valence-electron chi connectivity index (χ2n) is 7.16. The summed E-state index contributed by atoms with van der Waals surface area (Å²) in [6, 6.07) is 13.2. The van der Waals surface area contributed by atoms with Gasteiger partial charge in [-0.15, -0.1) is 16.4 Å². The highest BCUT2D eigenvalue weighted by molar-refractivity contribution is 7.16. The average Bonchev–Trinajstić information content (AvgIpc) is 3.30. The van der Waals surface area contributed by atoms with Gasteiger partial charge in [-0.3, -0.25) is 4.90 Å². The summed E-state index contributed by atoms with van der Waals surface area (Å²) in [7, 11) is 0. The maximum Gasteiger partial charge on any atom is 0.412 e. The third kappa shape index (κ3) is 3.16. The van der Waals surface area contributed by atoms with Gasteiger partial charge in [0, 0.05) is 24.7 Å². The first-order valence-electron chi connectivity index (χ1n) is 9.39. The summed E-state index contributed by atoms with van der Waals surface area (Å²) in [6.45, 7) is 4.28. The Morgan fingerprint density at radius 3 is 2.75 bits per heavy atom. The largest absolute Gasteiger partial charge is 0.465 e. The Morgan fingerprint density at radius 1 is 1.07 bits per heavy atom. The van der Waals surface area contributed by atoms with Gasteiger partial charge in [0.05, 0.1) is 15.7 Å². The molecule has 1 atom stereocenters. The Balaban J connectivity index is 1.36. The minimum absolute atomic E-state index is 0.341. The fourth-order valence-electron chi connectivity index (χ4n) is 3.94. The van der Waals surface area contributed by atoms with E-state index in [9.17, 15) is 5.11 Å². The van der Waals surface area contributed by atoms with Crippen LogP contribution in [-0.4, -0.2) is 38.3 Å². The monoisotopic (exact) mass is 392 g/mol. The van der Waals surface area contributed by atoms with E-state index in [1.54, 1.807) is 11.3 Å². The number of hydrogen-bond acceptors (Lipinski definition) is 7. The van der Waals surface area contributed by atoms with E-state index in [-0.39, 0.29) is 0 Å². The number of thiazole rings is 1. The van der Waals surface area contributed by atoms with Crippen LogP contribution in [0.1, 0.15) is 29.7 Å². The van der Waals surface area contributed by atoms with Gasteiger partial charge in [-0.25, -0.2) is 4.98 Å². The fourth-order valence-corrected chi connectivity index (χ4v) is 4.60. The Morgan fingerprint density at radius 2 is 1.93 bits per heavy atom. The molecular formula is C21H20N4O2S. The van der Waals surface area contributed by atoms with Gasteiger partial charge in [0.15, 0.2) is 0 Å². The molecule has 1 aliphatic heterocycles. The highest BCUT2D eigenvalue weighted by Gasteiger charge is 2.21. The van der Waals surface area contributed by atoms with Crippen molar-refractivity contribution in [3.63, 3.8) is 0 Å². The summed E-state index contributed by atoms with van der Waals surface area (Å²) in [5.41, 5.74) is 7.81. The molecule has 1 N–H and O–H groups in total. The Labute approximate surface area is 166 Å². The van der Waals surface area contributed by atoms with Crippen LogP contribution in [0, 0.1) is 0 Å². The molecule has 0 aliphatic carbocycles. The second kappa shape index (κ2) is 7.00. The summed E-state index contributed by atoms with van der Waals surface area (Å²) in [4.78, 5) is 6.99. The van der Waals surface area contributed by atoms with Gasteiger partial charge in [-0.05, 0) is 60.7 Å². The number of fused-ring (bicyclic) bond motifs is 2. The van der Waals surface area contributed by atoms with Gasteiger partial charge in [0.2, 0.25) is 0 Å². The molecule has 3 heterocycles. The number of hydrogen-bond donors (Lipinski definition) is 1. The minimum atomic E-state index is -0.401. The van der Waals surface area contributed by atoms with Crippen LogP contribution in [0.4, 0.5) is 0 Å². The Hall–Kier alpha value is -2.77. The molecule has 1 aliphatic rings. The number of aromatic nitrogens is 3. The normalized spacial score (nSPS) is 16.0. The van der Waals surface area contributed by atoms with Crippen LogP contribution in [0.2, 0.25) is 0 Å². The number of aromatic hydroxyl groups is 1.